The van der Waals surface area contributed by atoms with Gasteiger partial charge in [0.25, 0.3) is 5.91 Å². The number of phenols is 1. The third-order valence-corrected chi connectivity index (χ3v) is 3.13. The Kier molecular flexibility index (Phi) is 4.40. The number of carbonyl (C=O) groups is 1. The highest BCUT2D eigenvalue weighted by Gasteiger charge is 2.09. The largest absolute Gasteiger partial charge is 0.508 e. The van der Waals surface area contributed by atoms with Crippen molar-refractivity contribution >= 4 is 5.91 Å². The molecule has 0 atom stereocenters. The van der Waals surface area contributed by atoms with Crippen LogP contribution < -0.4 is 5.32 Å². The van der Waals surface area contributed by atoms with Gasteiger partial charge in [0.05, 0.1) is 6.54 Å². The van der Waals surface area contributed by atoms with E-state index in [1.165, 1.54) is 6.07 Å². The molecular formula is C15H19N3O2. The van der Waals surface area contributed by atoms with Crippen molar-refractivity contribution in [3.8, 4) is 5.75 Å². The molecule has 0 bridgehead atoms. The third-order valence-electron chi connectivity index (χ3n) is 3.13. The van der Waals surface area contributed by atoms with Crippen LogP contribution in [0.15, 0.2) is 30.6 Å². The number of hydrogen-bond donors (Lipinski definition) is 2. The average Bonchev–Trinajstić information content (AvgIpc) is 2.87. The Labute approximate surface area is 118 Å². The molecule has 1 heterocycles. The summed E-state index contributed by atoms with van der Waals surface area (Å²) >= 11 is 0. The number of rotatable bonds is 5. The van der Waals surface area contributed by atoms with Gasteiger partial charge in [0, 0.05) is 24.5 Å². The van der Waals surface area contributed by atoms with E-state index in [0.29, 0.717) is 17.7 Å². The van der Waals surface area contributed by atoms with Crippen molar-refractivity contribution in [3.05, 3.63) is 47.5 Å². The highest BCUT2D eigenvalue weighted by Crippen LogP contribution is 2.16. The minimum absolute atomic E-state index is 0.167. The Morgan fingerprint density at radius 1 is 1.45 bits per heavy atom. The van der Waals surface area contributed by atoms with Gasteiger partial charge in [0.1, 0.15) is 11.6 Å². The van der Waals surface area contributed by atoms with Gasteiger partial charge in [-0.3, -0.25) is 4.79 Å². The number of amides is 1. The molecule has 5 heteroatoms. The summed E-state index contributed by atoms with van der Waals surface area (Å²) in [6.45, 7) is 5.15. The molecule has 0 aliphatic heterocycles. The van der Waals surface area contributed by atoms with Crippen LogP contribution in [0.3, 0.4) is 0 Å². The van der Waals surface area contributed by atoms with Gasteiger partial charge in [0.15, 0.2) is 0 Å². The van der Waals surface area contributed by atoms with Crippen molar-refractivity contribution in [2.75, 3.05) is 0 Å². The lowest BCUT2D eigenvalue weighted by Gasteiger charge is -2.08. The zero-order chi connectivity index (χ0) is 14.5. The highest BCUT2D eigenvalue weighted by atomic mass is 16.3. The van der Waals surface area contributed by atoms with E-state index in [0.717, 1.165) is 18.8 Å². The smallest absolute Gasteiger partial charge is 0.251 e. The normalized spacial score (nSPS) is 10.5. The minimum atomic E-state index is -0.167. The van der Waals surface area contributed by atoms with Crippen molar-refractivity contribution in [1.29, 1.82) is 0 Å². The zero-order valence-electron chi connectivity index (χ0n) is 11.8. The summed E-state index contributed by atoms with van der Waals surface area (Å²) in [7, 11) is 0. The van der Waals surface area contributed by atoms with Gasteiger partial charge in [-0.25, -0.2) is 4.98 Å². The zero-order valence-corrected chi connectivity index (χ0v) is 11.8. The number of aromatic hydroxyl groups is 1. The molecule has 1 amide bonds. The van der Waals surface area contributed by atoms with Crippen LogP contribution in [0, 0.1) is 6.92 Å². The molecule has 2 rings (SSSR count). The molecule has 106 valence electrons. The Morgan fingerprint density at radius 3 is 2.95 bits per heavy atom. The maximum atomic E-state index is 12.0. The maximum absolute atomic E-state index is 12.0. The van der Waals surface area contributed by atoms with E-state index in [4.69, 9.17) is 0 Å². The number of benzene rings is 1. The molecule has 0 aliphatic rings. The summed E-state index contributed by atoms with van der Waals surface area (Å²) in [4.78, 5) is 16.3. The highest BCUT2D eigenvalue weighted by molar-refractivity contribution is 5.94. The first-order valence-electron chi connectivity index (χ1n) is 6.69. The summed E-state index contributed by atoms with van der Waals surface area (Å²) in [5.41, 5.74) is 1.22. The van der Waals surface area contributed by atoms with Crippen molar-refractivity contribution in [2.24, 2.45) is 0 Å². The summed E-state index contributed by atoms with van der Waals surface area (Å²) in [5.74, 6) is 0.870. The van der Waals surface area contributed by atoms with Crippen LogP contribution in [0.2, 0.25) is 0 Å². The molecule has 0 fully saturated rings. The molecule has 0 radical (unpaired) electrons. The lowest BCUT2D eigenvalue weighted by atomic mass is 10.1. The molecule has 5 nitrogen and oxygen atoms in total. The summed E-state index contributed by atoms with van der Waals surface area (Å²) in [6.07, 6.45) is 4.67. The van der Waals surface area contributed by atoms with Crippen molar-refractivity contribution < 1.29 is 9.90 Å². The Balaban J connectivity index is 2.01. The van der Waals surface area contributed by atoms with E-state index in [1.807, 2.05) is 10.8 Å². The summed E-state index contributed by atoms with van der Waals surface area (Å²) in [5, 5.41) is 12.3. The van der Waals surface area contributed by atoms with Crippen molar-refractivity contribution in [2.45, 2.75) is 33.4 Å². The molecule has 2 aromatic rings. The molecule has 0 unspecified atom stereocenters. The van der Waals surface area contributed by atoms with E-state index in [1.54, 1.807) is 25.3 Å². The van der Waals surface area contributed by atoms with Crippen molar-refractivity contribution in [1.82, 2.24) is 14.9 Å². The number of aryl methyl sites for hydroxylation is 2. The molecule has 2 N–H and O–H groups in total. The van der Waals surface area contributed by atoms with Gasteiger partial charge in [-0.15, -0.1) is 0 Å². The fourth-order valence-corrected chi connectivity index (χ4v) is 2.01. The monoisotopic (exact) mass is 273 g/mol. The van der Waals surface area contributed by atoms with Crippen LogP contribution in [0.1, 0.15) is 35.1 Å². The average molecular weight is 273 g/mol. The van der Waals surface area contributed by atoms with Gasteiger partial charge in [-0.1, -0.05) is 6.92 Å². The van der Waals surface area contributed by atoms with E-state index >= 15 is 0 Å². The number of imidazole rings is 1. The predicted molar refractivity (Wildman–Crippen MR) is 76.5 cm³/mol. The van der Waals surface area contributed by atoms with E-state index in [2.05, 4.69) is 17.2 Å². The van der Waals surface area contributed by atoms with Crippen LogP contribution in [-0.2, 0) is 13.1 Å². The van der Waals surface area contributed by atoms with E-state index in [-0.39, 0.29) is 11.7 Å². The molecule has 0 spiro atoms. The lowest BCUT2D eigenvalue weighted by Crippen LogP contribution is -2.24. The van der Waals surface area contributed by atoms with Gasteiger partial charge < -0.3 is 15.0 Å². The van der Waals surface area contributed by atoms with E-state index < -0.39 is 0 Å². The Morgan fingerprint density at radius 2 is 2.25 bits per heavy atom. The fraction of sp³-hybridized carbons (Fsp3) is 0.333. The molecular weight excluding hydrogens is 254 g/mol. The Bertz CT molecular complexity index is 605. The van der Waals surface area contributed by atoms with Crippen LogP contribution in [0.5, 0.6) is 5.75 Å². The van der Waals surface area contributed by atoms with E-state index in [9.17, 15) is 9.90 Å². The first-order valence-corrected chi connectivity index (χ1v) is 6.69. The molecule has 0 aliphatic carbocycles. The SMILES string of the molecule is CCCn1ccnc1CNC(=O)c1ccc(O)c(C)c1. The van der Waals surface area contributed by atoms with Crippen LogP contribution >= 0.6 is 0 Å². The molecule has 0 saturated heterocycles. The second-order valence-electron chi connectivity index (χ2n) is 4.72. The quantitative estimate of drug-likeness (QED) is 0.878. The number of carbonyl (C=O) groups excluding carboxylic acids is 1. The number of aromatic nitrogens is 2. The van der Waals surface area contributed by atoms with Gasteiger partial charge in [0.2, 0.25) is 0 Å². The van der Waals surface area contributed by atoms with Gasteiger partial charge in [-0.05, 0) is 37.1 Å². The molecule has 0 saturated carbocycles. The summed E-state index contributed by atoms with van der Waals surface area (Å²) in [6, 6.07) is 4.81. The second-order valence-corrected chi connectivity index (χ2v) is 4.72. The van der Waals surface area contributed by atoms with Gasteiger partial charge >= 0.3 is 0 Å². The minimum Gasteiger partial charge on any atom is -0.508 e. The Hall–Kier alpha value is -2.30. The molecule has 20 heavy (non-hydrogen) atoms. The standard InChI is InChI=1S/C15H19N3O2/c1-3-7-18-8-6-16-14(18)10-17-15(20)12-4-5-13(19)11(2)9-12/h4-6,8-9,19H,3,7,10H2,1-2H3,(H,17,20). The van der Waals surface area contributed by atoms with Crippen LogP contribution in [0.25, 0.3) is 0 Å². The van der Waals surface area contributed by atoms with Crippen molar-refractivity contribution in [3.63, 3.8) is 0 Å². The molecule has 1 aromatic carbocycles. The maximum Gasteiger partial charge on any atom is 0.251 e. The lowest BCUT2D eigenvalue weighted by molar-refractivity contribution is 0.0949. The number of phenolic OH excluding ortho intramolecular Hbond substituents is 1. The van der Waals surface area contributed by atoms with Crippen LogP contribution in [-0.4, -0.2) is 20.6 Å². The molecule has 1 aromatic heterocycles. The number of hydrogen-bond acceptors (Lipinski definition) is 3. The second kappa shape index (κ2) is 6.23. The van der Waals surface area contributed by atoms with Crippen LogP contribution in [0.4, 0.5) is 0 Å². The fourth-order valence-electron chi connectivity index (χ4n) is 2.01. The first-order chi connectivity index (χ1) is 9.61. The summed E-state index contributed by atoms with van der Waals surface area (Å²) < 4.78 is 2.03. The topological polar surface area (TPSA) is 67.2 Å². The third kappa shape index (κ3) is 3.17. The predicted octanol–water partition coefficient (Wildman–Crippen LogP) is 2.24. The number of nitrogens with zero attached hydrogens (tertiary/aromatic N) is 2. The first kappa shape index (κ1) is 14.1. The van der Waals surface area contributed by atoms with Gasteiger partial charge in [-0.2, -0.15) is 0 Å². The number of nitrogens with one attached hydrogen (secondary N) is 1.